The molecule has 0 aliphatic heterocycles. The second-order valence-electron chi connectivity index (χ2n) is 3.27. The van der Waals surface area contributed by atoms with E-state index < -0.39 is 0 Å². The van der Waals surface area contributed by atoms with Crippen LogP contribution < -0.4 is 15.2 Å². The van der Waals surface area contributed by atoms with Crippen molar-refractivity contribution in [1.29, 1.82) is 0 Å². The molecule has 0 bridgehead atoms. The molecule has 0 amide bonds. The summed E-state index contributed by atoms with van der Waals surface area (Å²) in [7, 11) is 2.97. The Balaban J connectivity index is 2.93. The number of hydrogen-bond donors (Lipinski definition) is 2. The van der Waals surface area contributed by atoms with Gasteiger partial charge in [-0.05, 0) is 6.92 Å². The third kappa shape index (κ3) is 1.34. The van der Waals surface area contributed by atoms with Gasteiger partial charge in [0, 0.05) is 5.56 Å². The Labute approximate surface area is 96.4 Å². The van der Waals surface area contributed by atoms with Crippen molar-refractivity contribution in [2.24, 2.45) is 0 Å². The maximum Gasteiger partial charge on any atom is 0.205 e. The molecule has 0 saturated heterocycles. The summed E-state index contributed by atoms with van der Waals surface area (Å²) in [6, 6.07) is 0. The van der Waals surface area contributed by atoms with Crippen LogP contribution in [0.15, 0.2) is 0 Å². The van der Waals surface area contributed by atoms with Crippen LogP contribution in [0, 0.1) is 6.92 Å². The van der Waals surface area contributed by atoms with Gasteiger partial charge in [0.25, 0.3) is 0 Å². The Kier molecular flexibility index (Phi) is 2.51. The molecule has 0 aliphatic carbocycles. The van der Waals surface area contributed by atoms with Gasteiger partial charge in [-0.2, -0.15) is 0 Å². The fraction of sp³-hybridized carbons (Fsp3) is 0.300. The minimum Gasteiger partial charge on any atom is -0.504 e. The van der Waals surface area contributed by atoms with Gasteiger partial charge in [-0.1, -0.05) is 11.3 Å². The van der Waals surface area contributed by atoms with Crippen LogP contribution in [0.25, 0.3) is 10.2 Å². The van der Waals surface area contributed by atoms with Gasteiger partial charge in [-0.15, -0.1) is 0 Å². The van der Waals surface area contributed by atoms with Crippen LogP contribution in [0.4, 0.5) is 5.13 Å². The first-order valence-electron chi connectivity index (χ1n) is 4.59. The lowest BCUT2D eigenvalue weighted by molar-refractivity contribution is 0.335. The molecule has 2 aromatic rings. The molecule has 1 aromatic heterocycles. The number of aromatic hydroxyl groups is 1. The third-order valence-corrected chi connectivity index (χ3v) is 3.39. The molecule has 0 fully saturated rings. The zero-order valence-electron chi connectivity index (χ0n) is 9.20. The van der Waals surface area contributed by atoms with E-state index in [1.165, 1.54) is 25.6 Å². The summed E-state index contributed by atoms with van der Waals surface area (Å²) in [6.07, 6.45) is 0. The molecule has 0 aliphatic rings. The van der Waals surface area contributed by atoms with E-state index >= 15 is 0 Å². The molecule has 1 heterocycles. The Morgan fingerprint density at radius 1 is 1.25 bits per heavy atom. The summed E-state index contributed by atoms with van der Waals surface area (Å²) in [5, 5.41) is 10.4. The maximum atomic E-state index is 9.95. The van der Waals surface area contributed by atoms with Crippen molar-refractivity contribution >= 4 is 26.7 Å². The van der Waals surface area contributed by atoms with Gasteiger partial charge >= 0.3 is 0 Å². The van der Waals surface area contributed by atoms with E-state index in [0.29, 0.717) is 22.0 Å². The largest absolute Gasteiger partial charge is 0.504 e. The highest BCUT2D eigenvalue weighted by atomic mass is 32.1. The van der Waals surface area contributed by atoms with Crippen LogP contribution in [0.5, 0.6) is 17.2 Å². The van der Waals surface area contributed by atoms with Gasteiger partial charge in [0.2, 0.25) is 5.75 Å². The second kappa shape index (κ2) is 3.71. The van der Waals surface area contributed by atoms with E-state index in [9.17, 15) is 5.11 Å². The molecule has 86 valence electrons. The van der Waals surface area contributed by atoms with Gasteiger partial charge in [-0.3, -0.25) is 0 Å². The van der Waals surface area contributed by atoms with Crippen molar-refractivity contribution in [1.82, 2.24) is 4.98 Å². The number of hydrogen-bond acceptors (Lipinski definition) is 6. The van der Waals surface area contributed by atoms with Crippen LogP contribution in [-0.2, 0) is 0 Å². The number of aromatic nitrogens is 1. The highest BCUT2D eigenvalue weighted by molar-refractivity contribution is 7.22. The lowest BCUT2D eigenvalue weighted by Crippen LogP contribution is -1.94. The van der Waals surface area contributed by atoms with Crippen molar-refractivity contribution in [3.05, 3.63) is 5.56 Å². The molecule has 0 saturated carbocycles. The summed E-state index contributed by atoms with van der Waals surface area (Å²) in [5.74, 6) is 0.766. The fourth-order valence-corrected chi connectivity index (χ4v) is 2.45. The van der Waals surface area contributed by atoms with Crippen molar-refractivity contribution in [2.45, 2.75) is 6.92 Å². The number of phenolic OH excluding ortho intramolecular Hbond substituents is 1. The number of nitrogens with zero attached hydrogens (tertiary/aromatic N) is 1. The normalized spacial score (nSPS) is 10.7. The van der Waals surface area contributed by atoms with Crippen molar-refractivity contribution in [3.8, 4) is 17.2 Å². The topological polar surface area (TPSA) is 77.6 Å². The smallest absolute Gasteiger partial charge is 0.205 e. The third-order valence-electron chi connectivity index (χ3n) is 2.38. The standard InChI is InChI=1S/C10H12N2O3S/c1-4-6(13)8(15-3)7(14-2)5-9(4)16-10(11)12-5/h13H,1-3H3,(H2,11,12). The number of fused-ring (bicyclic) bond motifs is 1. The van der Waals surface area contributed by atoms with Gasteiger partial charge < -0.3 is 20.3 Å². The summed E-state index contributed by atoms with van der Waals surface area (Å²) >= 11 is 1.31. The van der Waals surface area contributed by atoms with E-state index in [-0.39, 0.29) is 11.5 Å². The Morgan fingerprint density at radius 3 is 2.44 bits per heavy atom. The second-order valence-corrected chi connectivity index (χ2v) is 4.30. The monoisotopic (exact) mass is 240 g/mol. The predicted molar refractivity (Wildman–Crippen MR) is 63.5 cm³/mol. The lowest BCUT2D eigenvalue weighted by Gasteiger charge is -2.11. The summed E-state index contributed by atoms with van der Waals surface area (Å²) < 4.78 is 11.1. The summed E-state index contributed by atoms with van der Waals surface area (Å²) in [6.45, 7) is 1.79. The molecule has 16 heavy (non-hydrogen) atoms. The molecule has 2 rings (SSSR count). The first kappa shape index (κ1) is 10.8. The van der Waals surface area contributed by atoms with Crippen LogP contribution in [0.1, 0.15) is 5.56 Å². The maximum absolute atomic E-state index is 9.95. The Hall–Kier alpha value is -1.69. The first-order valence-corrected chi connectivity index (χ1v) is 5.41. The minimum absolute atomic E-state index is 0.0653. The Morgan fingerprint density at radius 2 is 1.88 bits per heavy atom. The highest BCUT2D eigenvalue weighted by Crippen LogP contribution is 2.47. The molecule has 1 aromatic carbocycles. The highest BCUT2D eigenvalue weighted by Gasteiger charge is 2.21. The van der Waals surface area contributed by atoms with E-state index in [1.54, 1.807) is 6.92 Å². The molecule has 0 atom stereocenters. The molecule has 0 radical (unpaired) electrons. The van der Waals surface area contributed by atoms with E-state index in [4.69, 9.17) is 15.2 Å². The number of anilines is 1. The van der Waals surface area contributed by atoms with E-state index in [2.05, 4.69) is 4.98 Å². The number of phenols is 1. The summed E-state index contributed by atoms with van der Waals surface area (Å²) in [5.41, 5.74) is 6.97. The van der Waals surface area contributed by atoms with Gasteiger partial charge in [0.1, 0.15) is 5.52 Å². The van der Waals surface area contributed by atoms with Crippen LogP contribution in [-0.4, -0.2) is 24.3 Å². The molecule has 3 N–H and O–H groups in total. The zero-order chi connectivity index (χ0) is 11.9. The van der Waals surface area contributed by atoms with Gasteiger partial charge in [0.15, 0.2) is 16.6 Å². The van der Waals surface area contributed by atoms with Crippen LogP contribution in [0.3, 0.4) is 0 Å². The van der Waals surface area contributed by atoms with E-state index in [0.717, 1.165) is 4.70 Å². The quantitative estimate of drug-likeness (QED) is 0.838. The van der Waals surface area contributed by atoms with Crippen molar-refractivity contribution < 1.29 is 14.6 Å². The molecular weight excluding hydrogens is 228 g/mol. The number of methoxy groups -OCH3 is 2. The molecule has 0 spiro atoms. The van der Waals surface area contributed by atoms with Crippen molar-refractivity contribution in [2.75, 3.05) is 20.0 Å². The van der Waals surface area contributed by atoms with Gasteiger partial charge in [-0.25, -0.2) is 4.98 Å². The zero-order valence-corrected chi connectivity index (χ0v) is 10.0. The number of rotatable bonds is 2. The SMILES string of the molecule is COc1c(O)c(C)c2sc(N)nc2c1OC. The number of nitrogens with two attached hydrogens (primary N) is 1. The molecular formula is C10H12N2O3S. The number of aryl methyl sites for hydroxylation is 1. The number of nitrogen functional groups attached to an aromatic ring is 1. The van der Waals surface area contributed by atoms with Gasteiger partial charge in [0.05, 0.1) is 18.9 Å². The predicted octanol–water partition coefficient (Wildman–Crippen LogP) is 1.91. The fourth-order valence-electron chi connectivity index (χ4n) is 1.62. The van der Waals surface area contributed by atoms with Crippen molar-refractivity contribution in [3.63, 3.8) is 0 Å². The molecule has 5 nitrogen and oxygen atoms in total. The first-order chi connectivity index (χ1) is 7.60. The Bertz CT molecular complexity index is 551. The average molecular weight is 240 g/mol. The summed E-state index contributed by atoms with van der Waals surface area (Å²) in [4.78, 5) is 4.17. The van der Waals surface area contributed by atoms with Crippen LogP contribution in [0.2, 0.25) is 0 Å². The average Bonchev–Trinajstić information content (AvgIpc) is 2.65. The lowest BCUT2D eigenvalue weighted by atomic mass is 10.1. The number of ether oxygens (including phenoxy) is 2. The number of benzene rings is 1. The number of thiazole rings is 1. The van der Waals surface area contributed by atoms with E-state index in [1.807, 2.05) is 0 Å². The van der Waals surface area contributed by atoms with Crippen LogP contribution >= 0.6 is 11.3 Å². The minimum atomic E-state index is 0.0653. The molecule has 0 unspecified atom stereocenters. The molecule has 6 heteroatoms.